The van der Waals surface area contributed by atoms with Gasteiger partial charge in [0.15, 0.2) is 11.6 Å². The van der Waals surface area contributed by atoms with Crippen molar-refractivity contribution in [3.8, 4) is 0 Å². The summed E-state index contributed by atoms with van der Waals surface area (Å²) >= 11 is 0. The second-order valence-electron chi connectivity index (χ2n) is 11.1. The number of nitrogens with one attached hydrogen (secondary N) is 4. The Morgan fingerprint density at radius 2 is 1.57 bits per heavy atom. The normalized spacial score (nSPS) is 16.0. The van der Waals surface area contributed by atoms with E-state index in [4.69, 9.17) is 0 Å². The van der Waals surface area contributed by atoms with Crippen LogP contribution in [0.1, 0.15) is 47.4 Å². The van der Waals surface area contributed by atoms with Gasteiger partial charge in [-0.3, -0.25) is 24.0 Å². The first-order valence-corrected chi connectivity index (χ1v) is 14.8. The summed E-state index contributed by atoms with van der Waals surface area (Å²) in [5, 5.41) is 8.18. The molecule has 1 fully saturated rings. The summed E-state index contributed by atoms with van der Waals surface area (Å²) in [6.45, 7) is 0.680. The molecule has 1 aromatic heterocycles. The van der Waals surface area contributed by atoms with Gasteiger partial charge in [-0.05, 0) is 48.9 Å². The second kappa shape index (κ2) is 14.4. The molecule has 10 nitrogen and oxygen atoms in total. The molecule has 5 rings (SSSR count). The van der Waals surface area contributed by atoms with E-state index in [-0.39, 0.29) is 43.3 Å². The van der Waals surface area contributed by atoms with Crippen molar-refractivity contribution in [2.75, 3.05) is 6.54 Å². The molecular weight excluding hydrogens is 558 g/mol. The number of fused-ring (bicyclic) bond motifs is 1. The molecule has 1 aliphatic rings. The lowest BCUT2D eigenvalue weighted by molar-refractivity contribution is -0.141. The average Bonchev–Trinajstić information content (AvgIpc) is 3.49. The molecule has 0 unspecified atom stereocenters. The molecule has 2 heterocycles. The first-order valence-electron chi connectivity index (χ1n) is 14.8. The van der Waals surface area contributed by atoms with Gasteiger partial charge in [-0.25, -0.2) is 4.98 Å². The fourth-order valence-electron chi connectivity index (χ4n) is 5.45. The lowest BCUT2D eigenvalue weighted by Crippen LogP contribution is -2.51. The predicted octanol–water partition coefficient (Wildman–Crippen LogP) is 3.28. The highest BCUT2D eigenvalue weighted by Crippen LogP contribution is 2.21. The van der Waals surface area contributed by atoms with Crippen molar-refractivity contribution >= 4 is 40.3 Å². The molecule has 0 radical (unpaired) electrons. The number of hydrogen-bond acceptors (Lipinski definition) is 6. The van der Waals surface area contributed by atoms with Crippen molar-refractivity contribution in [2.45, 2.75) is 44.7 Å². The molecule has 0 saturated carbocycles. The molecule has 10 heteroatoms. The SMILES string of the molecule is O=C(NCc1ccccc1)C(=O)[C@H](C[C@@H]1CCCNC1=O)NC(=O)[C@@H](CC(=O)c1nc2ccccc2[nH]1)Cc1ccccc1. The van der Waals surface area contributed by atoms with Crippen LogP contribution in [-0.4, -0.2) is 51.8 Å². The van der Waals surface area contributed by atoms with Crippen molar-refractivity contribution in [1.82, 2.24) is 25.9 Å². The topological polar surface area (TPSA) is 150 Å². The Morgan fingerprint density at radius 1 is 0.886 bits per heavy atom. The molecule has 0 aliphatic carbocycles. The number of amides is 3. The Bertz CT molecular complexity index is 1600. The molecule has 44 heavy (non-hydrogen) atoms. The summed E-state index contributed by atoms with van der Waals surface area (Å²) in [4.78, 5) is 73.7. The molecule has 3 amide bonds. The Balaban J connectivity index is 1.35. The van der Waals surface area contributed by atoms with Crippen molar-refractivity contribution in [3.63, 3.8) is 0 Å². The van der Waals surface area contributed by atoms with Crippen LogP contribution in [0, 0.1) is 11.8 Å². The third-order valence-corrected chi connectivity index (χ3v) is 7.85. The van der Waals surface area contributed by atoms with E-state index in [1.165, 1.54) is 0 Å². The fourth-order valence-corrected chi connectivity index (χ4v) is 5.45. The molecule has 3 atom stereocenters. The molecule has 4 N–H and O–H groups in total. The average molecular weight is 594 g/mol. The number of piperidine rings is 1. The summed E-state index contributed by atoms with van der Waals surface area (Å²) in [6, 6.07) is 24.4. The maximum atomic E-state index is 13.8. The highest BCUT2D eigenvalue weighted by atomic mass is 16.2. The van der Waals surface area contributed by atoms with E-state index in [9.17, 15) is 24.0 Å². The van der Waals surface area contributed by atoms with Gasteiger partial charge in [0.25, 0.3) is 5.91 Å². The zero-order valence-corrected chi connectivity index (χ0v) is 24.3. The monoisotopic (exact) mass is 593 g/mol. The van der Waals surface area contributed by atoms with Gasteiger partial charge in [-0.2, -0.15) is 0 Å². The minimum atomic E-state index is -1.24. The number of hydrogen-bond donors (Lipinski definition) is 4. The predicted molar refractivity (Wildman–Crippen MR) is 164 cm³/mol. The second-order valence-corrected chi connectivity index (χ2v) is 11.1. The van der Waals surface area contributed by atoms with Gasteiger partial charge in [-0.1, -0.05) is 72.8 Å². The number of carbonyl (C=O) groups excluding carboxylic acids is 5. The maximum Gasteiger partial charge on any atom is 0.289 e. The van der Waals surface area contributed by atoms with Crippen molar-refractivity contribution in [3.05, 3.63) is 102 Å². The van der Waals surface area contributed by atoms with Crippen molar-refractivity contribution in [2.24, 2.45) is 11.8 Å². The van der Waals surface area contributed by atoms with Crippen LogP contribution in [0.4, 0.5) is 0 Å². The molecule has 1 saturated heterocycles. The van der Waals surface area contributed by atoms with E-state index in [0.29, 0.717) is 24.0 Å². The molecule has 0 spiro atoms. The molecule has 226 valence electrons. The zero-order valence-electron chi connectivity index (χ0n) is 24.3. The number of H-pyrrole nitrogens is 1. The summed E-state index contributed by atoms with van der Waals surface area (Å²) in [5.74, 6) is -4.07. The maximum absolute atomic E-state index is 13.8. The van der Waals surface area contributed by atoms with Crippen molar-refractivity contribution in [1.29, 1.82) is 0 Å². The molecule has 3 aromatic carbocycles. The summed E-state index contributed by atoms with van der Waals surface area (Å²) < 4.78 is 0. The number of Topliss-reactive ketones (excluding diaryl/α,β-unsaturated/α-hetero) is 2. The number of aromatic amines is 1. The standard InChI is InChI=1S/C34H35N5O5/c40-29(31-37-26-15-7-8-16-27(26)38-31)20-25(18-22-10-3-1-4-11-22)33(43)39-28(19-24-14-9-17-35-32(24)42)30(41)34(44)36-21-23-12-5-2-6-13-23/h1-8,10-13,15-16,24-25,28H,9,14,17-21H2,(H,35,42)(H,36,44)(H,37,38)(H,39,43)/t24-,25+,28-/m0/s1. The van der Waals surface area contributed by atoms with E-state index in [0.717, 1.165) is 17.5 Å². The molecule has 4 aromatic rings. The molecule has 1 aliphatic heterocycles. The van der Waals surface area contributed by atoms with Crippen LogP contribution >= 0.6 is 0 Å². The number of benzene rings is 3. The highest BCUT2D eigenvalue weighted by Gasteiger charge is 2.35. The van der Waals surface area contributed by atoms with Gasteiger partial charge in [0.2, 0.25) is 17.6 Å². The van der Waals surface area contributed by atoms with E-state index in [2.05, 4.69) is 25.9 Å². The number of rotatable bonds is 13. The smallest absolute Gasteiger partial charge is 0.289 e. The van der Waals surface area contributed by atoms with Crippen LogP contribution < -0.4 is 16.0 Å². The number of carbonyl (C=O) groups is 5. The largest absolute Gasteiger partial charge is 0.356 e. The van der Waals surface area contributed by atoms with Crippen LogP contribution in [0.5, 0.6) is 0 Å². The van der Waals surface area contributed by atoms with Crippen LogP contribution in [-0.2, 0) is 32.1 Å². The Hall–Kier alpha value is -5.12. The minimum Gasteiger partial charge on any atom is -0.356 e. The highest BCUT2D eigenvalue weighted by molar-refractivity contribution is 6.38. The van der Waals surface area contributed by atoms with E-state index in [1.54, 1.807) is 6.07 Å². The number of aromatic nitrogens is 2. The first-order chi connectivity index (χ1) is 21.4. The van der Waals surface area contributed by atoms with Crippen LogP contribution in [0.25, 0.3) is 11.0 Å². The summed E-state index contributed by atoms with van der Waals surface area (Å²) in [5.41, 5.74) is 2.99. The lowest BCUT2D eigenvalue weighted by atomic mass is 9.88. The molecule has 0 bridgehead atoms. The number of para-hydroxylation sites is 2. The zero-order chi connectivity index (χ0) is 30.9. The minimum absolute atomic E-state index is 0.0231. The van der Waals surface area contributed by atoms with Gasteiger partial charge >= 0.3 is 0 Å². The fraction of sp³-hybridized carbons (Fsp3) is 0.294. The van der Waals surface area contributed by atoms with Gasteiger partial charge < -0.3 is 20.9 Å². The summed E-state index contributed by atoms with van der Waals surface area (Å²) in [7, 11) is 0. The van der Waals surface area contributed by atoms with E-state index < -0.39 is 35.5 Å². The van der Waals surface area contributed by atoms with Gasteiger partial charge in [0.05, 0.1) is 17.1 Å². The van der Waals surface area contributed by atoms with E-state index >= 15 is 0 Å². The van der Waals surface area contributed by atoms with Gasteiger partial charge in [0.1, 0.15) is 0 Å². The first kappa shape index (κ1) is 30.3. The Labute approximate surface area is 255 Å². The third kappa shape index (κ3) is 7.83. The Morgan fingerprint density at radius 3 is 2.27 bits per heavy atom. The van der Waals surface area contributed by atoms with Gasteiger partial charge in [0, 0.05) is 31.3 Å². The number of ketones is 2. The number of imidazole rings is 1. The van der Waals surface area contributed by atoms with Gasteiger partial charge in [-0.15, -0.1) is 0 Å². The summed E-state index contributed by atoms with van der Waals surface area (Å²) in [6.07, 6.45) is 1.29. The quantitative estimate of drug-likeness (QED) is 0.138. The van der Waals surface area contributed by atoms with Crippen LogP contribution in [0.2, 0.25) is 0 Å². The van der Waals surface area contributed by atoms with Crippen LogP contribution in [0.3, 0.4) is 0 Å². The lowest BCUT2D eigenvalue weighted by Gasteiger charge is -2.27. The third-order valence-electron chi connectivity index (χ3n) is 7.85. The Kier molecular flexibility index (Phi) is 9.91. The number of nitrogens with zero attached hydrogens (tertiary/aromatic N) is 1. The van der Waals surface area contributed by atoms with E-state index in [1.807, 2.05) is 78.9 Å². The molecular formula is C34H35N5O5. The van der Waals surface area contributed by atoms with Crippen molar-refractivity contribution < 1.29 is 24.0 Å². The van der Waals surface area contributed by atoms with Crippen LogP contribution in [0.15, 0.2) is 84.9 Å².